The normalized spacial score (nSPS) is 24.4. The van der Waals surface area contributed by atoms with Gasteiger partial charge in [0.25, 0.3) is 0 Å². The highest BCUT2D eigenvalue weighted by Gasteiger charge is 2.43. The van der Waals surface area contributed by atoms with E-state index in [0.717, 1.165) is 25.7 Å². The van der Waals surface area contributed by atoms with Crippen LogP contribution >= 0.6 is 0 Å². The second kappa shape index (κ2) is 15.1. The van der Waals surface area contributed by atoms with Gasteiger partial charge in [-0.25, -0.2) is 0 Å². The van der Waals surface area contributed by atoms with Crippen LogP contribution in [0.3, 0.4) is 0 Å². The van der Waals surface area contributed by atoms with Gasteiger partial charge in [-0.3, -0.25) is 4.21 Å². The summed E-state index contributed by atoms with van der Waals surface area (Å²) in [7, 11) is -1.18. The van der Waals surface area contributed by atoms with Gasteiger partial charge in [0.2, 0.25) is 0 Å². The fraction of sp³-hybridized carbons (Fsp3) is 0.533. The molecule has 0 aromatic heterocycles. The Labute approximate surface area is 199 Å². The molecule has 0 fully saturated rings. The second-order valence-electron chi connectivity index (χ2n) is 8.89. The van der Waals surface area contributed by atoms with Crippen molar-refractivity contribution in [2.45, 2.75) is 100 Å². The van der Waals surface area contributed by atoms with Crippen LogP contribution < -0.4 is 0 Å². The van der Waals surface area contributed by atoms with Gasteiger partial charge in [-0.2, -0.15) is 0 Å². The monoisotopic (exact) mass is 450 g/mol. The molecule has 0 N–H and O–H groups in total. The zero-order valence-corrected chi connectivity index (χ0v) is 21.0. The van der Waals surface area contributed by atoms with Gasteiger partial charge in [0.15, 0.2) is 0 Å². The number of allylic oxidation sites excluding steroid dienone is 6. The van der Waals surface area contributed by atoms with Crippen molar-refractivity contribution in [2.75, 3.05) is 0 Å². The van der Waals surface area contributed by atoms with Crippen LogP contribution in [-0.4, -0.2) is 13.7 Å². The lowest BCUT2D eigenvalue weighted by atomic mass is 9.98. The highest BCUT2D eigenvalue weighted by atomic mass is 32.2. The molecule has 2 unspecified atom stereocenters. The molecule has 2 atom stereocenters. The quantitative estimate of drug-likeness (QED) is 0.191. The fourth-order valence-corrected chi connectivity index (χ4v) is 6.05. The van der Waals surface area contributed by atoms with Crippen molar-refractivity contribution in [1.82, 2.24) is 0 Å². The molecule has 0 aliphatic heterocycles. The molecule has 0 aromatic rings. The molecule has 0 bridgehead atoms. The largest absolute Gasteiger partial charge is 0.257 e. The summed E-state index contributed by atoms with van der Waals surface area (Å²) in [6.45, 7) is 4.47. The SMILES string of the molecule is CCCCCCC=C=CC1(S(=O)C2(C=C=CCCCCCC)C=CC=CC2)C=CC=CC1. The van der Waals surface area contributed by atoms with Gasteiger partial charge in [-0.05, 0) is 62.8 Å². The van der Waals surface area contributed by atoms with E-state index in [-0.39, 0.29) is 0 Å². The van der Waals surface area contributed by atoms with Crippen LogP contribution in [0.4, 0.5) is 0 Å². The molecule has 0 spiro atoms. The highest BCUT2D eigenvalue weighted by Crippen LogP contribution is 2.38. The molecule has 2 aliphatic rings. The Kier molecular flexibility index (Phi) is 12.4. The van der Waals surface area contributed by atoms with E-state index in [0.29, 0.717) is 0 Å². The molecule has 174 valence electrons. The number of unbranched alkanes of at least 4 members (excludes halogenated alkanes) is 8. The van der Waals surface area contributed by atoms with Crippen LogP contribution in [0, 0.1) is 0 Å². The molecule has 32 heavy (non-hydrogen) atoms. The van der Waals surface area contributed by atoms with Gasteiger partial charge < -0.3 is 0 Å². The average molecular weight is 451 g/mol. The first-order chi connectivity index (χ1) is 15.7. The van der Waals surface area contributed by atoms with Crippen LogP contribution in [0.15, 0.2) is 84.4 Å². The second-order valence-corrected chi connectivity index (χ2v) is 10.9. The molecule has 1 nitrogen and oxygen atoms in total. The maximum atomic E-state index is 14.2. The zero-order chi connectivity index (χ0) is 23.0. The Morgan fingerprint density at radius 2 is 1.19 bits per heavy atom. The Bertz CT molecular complexity index is 759. The van der Waals surface area contributed by atoms with Gasteiger partial charge in [-0.1, -0.05) is 101 Å². The van der Waals surface area contributed by atoms with Crippen molar-refractivity contribution in [1.29, 1.82) is 0 Å². The minimum atomic E-state index is -1.18. The maximum absolute atomic E-state index is 14.2. The van der Waals surface area contributed by atoms with Gasteiger partial charge in [-0.15, -0.1) is 11.5 Å². The molecule has 0 heterocycles. The predicted molar refractivity (Wildman–Crippen MR) is 142 cm³/mol. The Morgan fingerprint density at radius 3 is 1.56 bits per heavy atom. The Balaban J connectivity index is 2.20. The van der Waals surface area contributed by atoms with Gasteiger partial charge >= 0.3 is 0 Å². The third-order valence-electron chi connectivity index (χ3n) is 6.11. The van der Waals surface area contributed by atoms with Crippen molar-refractivity contribution in [3.8, 4) is 0 Å². The van der Waals surface area contributed by atoms with Gasteiger partial charge in [0.05, 0.1) is 20.3 Å². The average Bonchev–Trinajstić information content (AvgIpc) is 2.83. The van der Waals surface area contributed by atoms with E-state index in [4.69, 9.17) is 0 Å². The van der Waals surface area contributed by atoms with Crippen LogP contribution in [0.2, 0.25) is 0 Å². The minimum Gasteiger partial charge on any atom is -0.257 e. The van der Waals surface area contributed by atoms with Crippen molar-refractivity contribution in [3.63, 3.8) is 0 Å². The summed E-state index contributed by atoms with van der Waals surface area (Å²) in [6.07, 6.45) is 38.5. The molecule has 2 heteroatoms. The third-order valence-corrected chi connectivity index (χ3v) is 8.33. The first kappa shape index (κ1) is 26.4. The summed E-state index contributed by atoms with van der Waals surface area (Å²) in [5.74, 6) is 0. The summed E-state index contributed by atoms with van der Waals surface area (Å²) in [5.41, 5.74) is 6.79. The van der Waals surface area contributed by atoms with Gasteiger partial charge in [0, 0.05) is 0 Å². The molecule has 0 saturated heterocycles. The van der Waals surface area contributed by atoms with E-state index in [1.807, 2.05) is 24.3 Å². The summed E-state index contributed by atoms with van der Waals surface area (Å²) in [6, 6.07) is 0. The third kappa shape index (κ3) is 8.25. The first-order valence-electron chi connectivity index (χ1n) is 12.6. The van der Waals surface area contributed by atoms with Crippen molar-refractivity contribution in [2.24, 2.45) is 0 Å². The molecule has 0 aromatic carbocycles. The zero-order valence-electron chi connectivity index (χ0n) is 20.2. The summed E-state index contributed by atoms with van der Waals surface area (Å²) in [5, 5.41) is 0. The van der Waals surface area contributed by atoms with Crippen LogP contribution in [0.25, 0.3) is 0 Å². The molecule has 0 amide bonds. The number of hydrogen-bond donors (Lipinski definition) is 0. The van der Waals surface area contributed by atoms with E-state index >= 15 is 0 Å². The van der Waals surface area contributed by atoms with Crippen molar-refractivity contribution < 1.29 is 4.21 Å². The van der Waals surface area contributed by atoms with E-state index < -0.39 is 20.3 Å². The molecule has 0 radical (unpaired) electrons. The molecular weight excluding hydrogens is 408 g/mol. The highest BCUT2D eigenvalue weighted by molar-refractivity contribution is 7.88. The molecular formula is C30H42OS. The minimum absolute atomic E-state index is 0.538. The van der Waals surface area contributed by atoms with E-state index in [2.05, 4.69) is 73.9 Å². The Hall–Kier alpha value is -1.85. The first-order valence-corrected chi connectivity index (χ1v) is 13.8. The van der Waals surface area contributed by atoms with Crippen LogP contribution in [-0.2, 0) is 10.8 Å². The van der Waals surface area contributed by atoms with Crippen molar-refractivity contribution in [3.05, 3.63) is 84.4 Å². The standard InChI is InChI=1S/C30H42OS/c1-3-5-7-9-11-13-17-23-29(25-19-15-20-26-29)32(31)30(27-21-16-22-28-30)24-18-14-12-10-8-6-4-2/h13-16,19-25,27H,3-12,26,28H2,1-2H3. The smallest absolute Gasteiger partial charge is 0.0941 e. The number of rotatable bonds is 14. The summed E-state index contributed by atoms with van der Waals surface area (Å²) >= 11 is 0. The van der Waals surface area contributed by atoms with E-state index in [1.54, 1.807) is 0 Å². The van der Waals surface area contributed by atoms with Crippen molar-refractivity contribution >= 4 is 10.8 Å². The summed E-state index contributed by atoms with van der Waals surface area (Å²) in [4.78, 5) is 0. The molecule has 2 rings (SSSR count). The lowest BCUT2D eigenvalue weighted by molar-refractivity contribution is 0.642. The topological polar surface area (TPSA) is 17.1 Å². The lowest BCUT2D eigenvalue weighted by Crippen LogP contribution is -2.44. The molecule has 2 aliphatic carbocycles. The van der Waals surface area contributed by atoms with E-state index in [9.17, 15) is 4.21 Å². The van der Waals surface area contributed by atoms with Crippen LogP contribution in [0.5, 0.6) is 0 Å². The summed E-state index contributed by atoms with van der Waals surface area (Å²) < 4.78 is 13.1. The molecule has 0 saturated carbocycles. The Morgan fingerprint density at radius 1 is 0.719 bits per heavy atom. The predicted octanol–water partition coefficient (Wildman–Crippen LogP) is 8.61. The fourth-order valence-electron chi connectivity index (χ4n) is 4.10. The maximum Gasteiger partial charge on any atom is 0.0941 e. The van der Waals surface area contributed by atoms with Crippen LogP contribution in [0.1, 0.15) is 90.9 Å². The number of hydrogen-bond acceptors (Lipinski definition) is 1. The van der Waals surface area contributed by atoms with Gasteiger partial charge in [0.1, 0.15) is 0 Å². The van der Waals surface area contributed by atoms with E-state index in [1.165, 1.54) is 51.4 Å². The lowest BCUT2D eigenvalue weighted by Gasteiger charge is -2.36.